The van der Waals surface area contributed by atoms with E-state index in [0.29, 0.717) is 22.7 Å². The number of fused-ring (bicyclic) bond motifs is 1. The minimum Gasteiger partial charge on any atom is -0.497 e. The zero-order chi connectivity index (χ0) is 21.7. The second-order valence-electron chi connectivity index (χ2n) is 6.48. The van der Waals surface area contributed by atoms with Crippen molar-refractivity contribution < 1.29 is 23.9 Å². The number of amides is 2. The average molecular weight is 405 g/mol. The molecule has 8 nitrogen and oxygen atoms in total. The summed E-state index contributed by atoms with van der Waals surface area (Å²) in [6.45, 7) is 1.21. The molecule has 1 heterocycles. The summed E-state index contributed by atoms with van der Waals surface area (Å²) >= 11 is 0. The molecule has 0 radical (unpaired) electrons. The van der Waals surface area contributed by atoms with Crippen LogP contribution in [0.15, 0.2) is 54.1 Å². The van der Waals surface area contributed by atoms with Gasteiger partial charge in [0.1, 0.15) is 23.9 Å². The third-order valence-electron chi connectivity index (χ3n) is 4.41. The monoisotopic (exact) mass is 405 g/mol. The number of para-hydroxylation sites is 2. The van der Waals surface area contributed by atoms with Gasteiger partial charge in [-0.15, -0.1) is 0 Å². The molecule has 1 aliphatic heterocycles. The number of benzene rings is 2. The van der Waals surface area contributed by atoms with Gasteiger partial charge in [-0.25, -0.2) is 4.79 Å². The van der Waals surface area contributed by atoms with E-state index in [1.807, 2.05) is 0 Å². The zero-order valence-corrected chi connectivity index (χ0v) is 16.4. The Bertz CT molecular complexity index is 1070. The van der Waals surface area contributed by atoms with Crippen LogP contribution in [0.3, 0.4) is 0 Å². The number of anilines is 2. The molecule has 152 valence electrons. The van der Waals surface area contributed by atoms with Crippen LogP contribution in [-0.2, 0) is 19.1 Å². The van der Waals surface area contributed by atoms with Crippen LogP contribution in [0, 0.1) is 11.3 Å². The van der Waals surface area contributed by atoms with Crippen LogP contribution in [0.1, 0.15) is 12.5 Å². The van der Waals surface area contributed by atoms with Gasteiger partial charge in [0.15, 0.2) is 6.10 Å². The Morgan fingerprint density at radius 3 is 2.73 bits per heavy atom. The van der Waals surface area contributed by atoms with Crippen LogP contribution in [0.5, 0.6) is 5.75 Å². The van der Waals surface area contributed by atoms with Gasteiger partial charge in [-0.3, -0.25) is 14.5 Å². The van der Waals surface area contributed by atoms with Gasteiger partial charge in [0, 0.05) is 0 Å². The molecule has 0 unspecified atom stereocenters. The van der Waals surface area contributed by atoms with E-state index in [2.05, 4.69) is 5.32 Å². The molecule has 2 aromatic carbocycles. The molecule has 0 spiro atoms. The quantitative estimate of drug-likeness (QED) is 0.465. The number of nitriles is 1. The van der Waals surface area contributed by atoms with Crippen molar-refractivity contribution in [3.8, 4) is 11.8 Å². The van der Waals surface area contributed by atoms with Crippen molar-refractivity contribution in [1.29, 1.82) is 5.26 Å². The molecular weight excluding hydrogens is 386 g/mol. The molecule has 30 heavy (non-hydrogen) atoms. The molecule has 2 aromatic rings. The summed E-state index contributed by atoms with van der Waals surface area (Å²) in [5.74, 6) is -1.28. The summed E-state index contributed by atoms with van der Waals surface area (Å²) in [6, 6.07) is 15.4. The highest BCUT2D eigenvalue weighted by molar-refractivity contribution is 6.11. The third-order valence-corrected chi connectivity index (χ3v) is 4.41. The number of hydrogen-bond acceptors (Lipinski definition) is 6. The number of hydrogen-bond donors (Lipinski definition) is 1. The molecule has 3 rings (SSSR count). The van der Waals surface area contributed by atoms with Crippen molar-refractivity contribution in [2.45, 2.75) is 13.0 Å². The molecule has 0 aromatic heterocycles. The first-order chi connectivity index (χ1) is 14.4. The molecular formula is C22H19N3O5. The van der Waals surface area contributed by atoms with Crippen LogP contribution in [0.25, 0.3) is 6.08 Å². The number of rotatable bonds is 5. The van der Waals surface area contributed by atoms with Gasteiger partial charge in [0.05, 0.1) is 18.5 Å². The van der Waals surface area contributed by atoms with Crippen LogP contribution in [-0.4, -0.2) is 37.5 Å². The number of nitrogens with one attached hydrogen (secondary N) is 1. The predicted molar refractivity (Wildman–Crippen MR) is 110 cm³/mol. The highest BCUT2D eigenvalue weighted by Crippen LogP contribution is 2.29. The minimum atomic E-state index is -1.20. The number of carbonyl (C=O) groups is 3. The lowest BCUT2D eigenvalue weighted by molar-refractivity contribution is -0.149. The van der Waals surface area contributed by atoms with Crippen LogP contribution >= 0.6 is 0 Å². The number of carbonyl (C=O) groups excluding carboxylic acids is 3. The maximum Gasteiger partial charge on any atom is 0.349 e. The summed E-state index contributed by atoms with van der Waals surface area (Å²) in [4.78, 5) is 38.5. The number of methoxy groups -OCH3 is 1. The van der Waals surface area contributed by atoms with Gasteiger partial charge in [0.25, 0.3) is 5.91 Å². The molecule has 1 atom stereocenters. The third kappa shape index (κ3) is 4.47. The smallest absolute Gasteiger partial charge is 0.349 e. The fourth-order valence-electron chi connectivity index (χ4n) is 2.96. The van der Waals surface area contributed by atoms with E-state index in [-0.39, 0.29) is 18.0 Å². The highest BCUT2D eigenvalue weighted by Gasteiger charge is 2.31. The second kappa shape index (κ2) is 8.92. The maximum atomic E-state index is 12.8. The molecule has 0 fully saturated rings. The van der Waals surface area contributed by atoms with Gasteiger partial charge in [0.2, 0.25) is 5.91 Å². The fraction of sp³-hybridized carbons (Fsp3) is 0.182. The Balaban J connectivity index is 1.76. The molecule has 0 aliphatic carbocycles. The van der Waals surface area contributed by atoms with Gasteiger partial charge in [-0.1, -0.05) is 24.3 Å². The van der Waals surface area contributed by atoms with Gasteiger partial charge in [-0.2, -0.15) is 5.26 Å². The first kappa shape index (κ1) is 20.6. The van der Waals surface area contributed by atoms with Crippen LogP contribution in [0.4, 0.5) is 11.4 Å². The van der Waals surface area contributed by atoms with Crippen molar-refractivity contribution in [3.63, 3.8) is 0 Å². The van der Waals surface area contributed by atoms with E-state index >= 15 is 0 Å². The van der Waals surface area contributed by atoms with Crippen molar-refractivity contribution in [2.24, 2.45) is 0 Å². The Morgan fingerprint density at radius 1 is 1.23 bits per heavy atom. The lowest BCUT2D eigenvalue weighted by Gasteiger charge is -2.30. The van der Waals surface area contributed by atoms with Crippen molar-refractivity contribution in [2.75, 3.05) is 23.9 Å². The summed E-state index contributed by atoms with van der Waals surface area (Å²) < 4.78 is 10.3. The topological polar surface area (TPSA) is 109 Å². The number of esters is 1. The maximum absolute atomic E-state index is 12.8. The minimum absolute atomic E-state index is 0.192. The highest BCUT2D eigenvalue weighted by atomic mass is 16.5. The number of nitrogens with zero attached hydrogens (tertiary/aromatic N) is 2. The Labute approximate surface area is 173 Å². The van der Waals surface area contributed by atoms with Crippen molar-refractivity contribution in [1.82, 2.24) is 0 Å². The zero-order valence-electron chi connectivity index (χ0n) is 16.4. The van der Waals surface area contributed by atoms with Gasteiger partial charge >= 0.3 is 5.97 Å². The summed E-state index contributed by atoms with van der Waals surface area (Å²) in [7, 11) is 1.51. The Hall–Kier alpha value is -4.12. The Morgan fingerprint density at radius 2 is 2.00 bits per heavy atom. The summed E-state index contributed by atoms with van der Waals surface area (Å²) in [6.07, 6.45) is 0.157. The standard InChI is InChI=1S/C22H19N3O5/c1-14(21(27)25-13-20(26)24-18-8-3-4-9-19(18)25)30-22(28)16(12-23)10-15-6-5-7-17(11-15)29-2/h3-11,14H,13H2,1-2H3,(H,24,26)/b16-10+/t14-/m1/s1. The molecule has 1 N–H and O–H groups in total. The van der Waals surface area contributed by atoms with E-state index in [0.717, 1.165) is 0 Å². The van der Waals surface area contributed by atoms with E-state index in [1.165, 1.54) is 25.0 Å². The summed E-state index contributed by atoms with van der Waals surface area (Å²) in [5, 5.41) is 12.0. The molecule has 0 bridgehead atoms. The molecule has 2 amide bonds. The summed E-state index contributed by atoms with van der Waals surface area (Å²) in [5.41, 5.74) is 1.32. The van der Waals surface area contributed by atoms with E-state index in [9.17, 15) is 19.6 Å². The largest absolute Gasteiger partial charge is 0.497 e. The fourth-order valence-corrected chi connectivity index (χ4v) is 2.96. The molecule has 1 aliphatic rings. The van der Waals surface area contributed by atoms with E-state index < -0.39 is 18.0 Å². The normalized spacial score (nSPS) is 14.1. The van der Waals surface area contributed by atoms with E-state index in [4.69, 9.17) is 9.47 Å². The lowest BCUT2D eigenvalue weighted by Crippen LogP contribution is -2.47. The van der Waals surface area contributed by atoms with Crippen LogP contribution < -0.4 is 15.0 Å². The SMILES string of the molecule is COc1cccc(/C=C(\C#N)C(=O)O[C@H](C)C(=O)N2CC(=O)Nc3ccccc32)c1. The predicted octanol–water partition coefficient (Wildman–Crippen LogP) is 2.52. The second-order valence-corrected chi connectivity index (χ2v) is 6.48. The number of ether oxygens (including phenoxy) is 2. The van der Waals surface area contributed by atoms with Crippen LogP contribution in [0.2, 0.25) is 0 Å². The Kier molecular flexibility index (Phi) is 6.13. The lowest BCUT2D eigenvalue weighted by atomic mass is 10.1. The average Bonchev–Trinajstić information content (AvgIpc) is 2.76. The van der Waals surface area contributed by atoms with Gasteiger partial charge < -0.3 is 14.8 Å². The van der Waals surface area contributed by atoms with Crippen molar-refractivity contribution >= 4 is 35.2 Å². The van der Waals surface area contributed by atoms with Gasteiger partial charge in [-0.05, 0) is 42.8 Å². The molecule has 0 saturated carbocycles. The first-order valence-corrected chi connectivity index (χ1v) is 9.10. The molecule has 8 heteroatoms. The van der Waals surface area contributed by atoms with E-state index in [1.54, 1.807) is 54.6 Å². The first-order valence-electron chi connectivity index (χ1n) is 9.10. The van der Waals surface area contributed by atoms with Crippen molar-refractivity contribution in [3.05, 3.63) is 59.7 Å². The molecule has 0 saturated heterocycles.